The standard InChI is InChI=1S/C13H16F2N2O.ClH/c1-9-8-17(3-2-16-9)13(18)6-10-4-11(14)7-12(15)5-10;/h4-5,7,9,16H,2-3,6,8H2,1H3;1H. The van der Waals surface area contributed by atoms with E-state index < -0.39 is 11.6 Å². The quantitative estimate of drug-likeness (QED) is 0.900. The molecule has 1 aromatic rings. The molecule has 1 aliphatic heterocycles. The second-order valence-corrected chi connectivity index (χ2v) is 4.65. The van der Waals surface area contributed by atoms with Crippen LogP contribution in [-0.4, -0.2) is 36.5 Å². The summed E-state index contributed by atoms with van der Waals surface area (Å²) in [6.45, 7) is 4.03. The predicted octanol–water partition coefficient (Wildman–Crippen LogP) is 1.75. The van der Waals surface area contributed by atoms with Crippen LogP contribution >= 0.6 is 12.4 Å². The minimum absolute atomic E-state index is 0. The van der Waals surface area contributed by atoms with Gasteiger partial charge in [0.1, 0.15) is 11.6 Å². The summed E-state index contributed by atoms with van der Waals surface area (Å²) >= 11 is 0. The zero-order valence-corrected chi connectivity index (χ0v) is 11.5. The summed E-state index contributed by atoms with van der Waals surface area (Å²) in [5.74, 6) is -1.38. The number of rotatable bonds is 2. The summed E-state index contributed by atoms with van der Waals surface area (Å²) in [4.78, 5) is 13.7. The van der Waals surface area contributed by atoms with Crippen LogP contribution in [-0.2, 0) is 11.2 Å². The molecule has 0 bridgehead atoms. The first kappa shape index (κ1) is 15.9. The average Bonchev–Trinajstić information content (AvgIpc) is 2.27. The van der Waals surface area contributed by atoms with E-state index in [1.807, 2.05) is 6.92 Å². The van der Waals surface area contributed by atoms with E-state index in [0.29, 0.717) is 18.7 Å². The molecule has 1 N–H and O–H groups in total. The molecular weight excluding hydrogens is 274 g/mol. The van der Waals surface area contributed by atoms with Crippen LogP contribution < -0.4 is 5.32 Å². The predicted molar refractivity (Wildman–Crippen MR) is 71.4 cm³/mol. The number of hydrogen-bond acceptors (Lipinski definition) is 2. The summed E-state index contributed by atoms with van der Waals surface area (Å²) in [6.07, 6.45) is 0.0431. The molecule has 1 fully saturated rings. The van der Waals surface area contributed by atoms with Gasteiger partial charge in [0.15, 0.2) is 0 Å². The molecule has 1 atom stereocenters. The number of nitrogens with one attached hydrogen (secondary N) is 1. The van der Waals surface area contributed by atoms with E-state index in [1.54, 1.807) is 4.90 Å². The topological polar surface area (TPSA) is 32.3 Å². The number of carbonyl (C=O) groups is 1. The monoisotopic (exact) mass is 290 g/mol. The van der Waals surface area contributed by atoms with Crippen LogP contribution in [0.4, 0.5) is 8.78 Å². The lowest BCUT2D eigenvalue weighted by atomic mass is 10.1. The molecule has 0 aromatic heterocycles. The fraction of sp³-hybridized carbons (Fsp3) is 0.462. The van der Waals surface area contributed by atoms with Crippen molar-refractivity contribution in [2.45, 2.75) is 19.4 Å². The van der Waals surface area contributed by atoms with Gasteiger partial charge < -0.3 is 10.2 Å². The zero-order valence-electron chi connectivity index (χ0n) is 10.7. The van der Waals surface area contributed by atoms with Crippen molar-refractivity contribution in [3.05, 3.63) is 35.4 Å². The van der Waals surface area contributed by atoms with E-state index in [0.717, 1.165) is 12.6 Å². The number of halogens is 3. The van der Waals surface area contributed by atoms with E-state index in [9.17, 15) is 13.6 Å². The fourth-order valence-corrected chi connectivity index (χ4v) is 2.16. The number of nitrogens with zero attached hydrogens (tertiary/aromatic N) is 1. The van der Waals surface area contributed by atoms with Crippen molar-refractivity contribution in [1.82, 2.24) is 10.2 Å². The molecule has 0 spiro atoms. The third kappa shape index (κ3) is 4.44. The maximum atomic E-state index is 13.0. The van der Waals surface area contributed by atoms with Crippen molar-refractivity contribution in [1.29, 1.82) is 0 Å². The summed E-state index contributed by atoms with van der Waals surface area (Å²) in [7, 11) is 0. The Morgan fingerprint density at radius 3 is 2.58 bits per heavy atom. The Hall–Kier alpha value is -1.20. The van der Waals surface area contributed by atoms with Gasteiger partial charge in [0.25, 0.3) is 0 Å². The SMILES string of the molecule is CC1CN(C(=O)Cc2cc(F)cc(F)c2)CCN1.Cl. The largest absolute Gasteiger partial charge is 0.340 e. The molecule has 106 valence electrons. The maximum absolute atomic E-state index is 13.0. The van der Waals surface area contributed by atoms with Crippen LogP contribution in [0.25, 0.3) is 0 Å². The lowest BCUT2D eigenvalue weighted by Gasteiger charge is -2.32. The van der Waals surface area contributed by atoms with Crippen LogP contribution in [0.5, 0.6) is 0 Å². The van der Waals surface area contributed by atoms with Crippen molar-refractivity contribution in [2.75, 3.05) is 19.6 Å². The van der Waals surface area contributed by atoms with Crippen molar-refractivity contribution < 1.29 is 13.6 Å². The van der Waals surface area contributed by atoms with E-state index in [1.165, 1.54) is 12.1 Å². The Kier molecular flexibility index (Phi) is 5.69. The Bertz CT molecular complexity index is 436. The van der Waals surface area contributed by atoms with Gasteiger partial charge in [0, 0.05) is 31.7 Å². The molecule has 1 unspecified atom stereocenters. The van der Waals surface area contributed by atoms with Gasteiger partial charge in [-0.1, -0.05) is 0 Å². The molecule has 1 saturated heterocycles. The number of hydrogen-bond donors (Lipinski definition) is 1. The van der Waals surface area contributed by atoms with Crippen LogP contribution in [0.2, 0.25) is 0 Å². The first-order valence-electron chi connectivity index (χ1n) is 6.01. The third-order valence-corrected chi connectivity index (χ3v) is 3.00. The highest BCUT2D eigenvalue weighted by molar-refractivity contribution is 5.85. The molecule has 1 aliphatic rings. The van der Waals surface area contributed by atoms with Crippen molar-refractivity contribution in [2.24, 2.45) is 0 Å². The summed E-state index contributed by atoms with van der Waals surface area (Å²) in [6, 6.07) is 3.46. The van der Waals surface area contributed by atoms with E-state index in [2.05, 4.69) is 5.32 Å². The van der Waals surface area contributed by atoms with Gasteiger partial charge >= 0.3 is 0 Å². The van der Waals surface area contributed by atoms with Crippen LogP contribution in [0.15, 0.2) is 18.2 Å². The lowest BCUT2D eigenvalue weighted by Crippen LogP contribution is -2.51. The van der Waals surface area contributed by atoms with Gasteiger partial charge in [-0.25, -0.2) is 8.78 Å². The van der Waals surface area contributed by atoms with Gasteiger partial charge in [-0.15, -0.1) is 12.4 Å². The van der Waals surface area contributed by atoms with E-state index in [-0.39, 0.29) is 30.8 Å². The first-order chi connectivity index (χ1) is 8.54. The molecule has 1 amide bonds. The lowest BCUT2D eigenvalue weighted by molar-refractivity contribution is -0.131. The highest BCUT2D eigenvalue weighted by atomic mass is 35.5. The Morgan fingerprint density at radius 2 is 2.00 bits per heavy atom. The highest BCUT2D eigenvalue weighted by Gasteiger charge is 2.20. The zero-order chi connectivity index (χ0) is 13.1. The number of benzene rings is 1. The molecule has 19 heavy (non-hydrogen) atoms. The van der Waals surface area contributed by atoms with Gasteiger partial charge in [0.05, 0.1) is 6.42 Å². The molecule has 0 saturated carbocycles. The minimum atomic E-state index is -0.647. The Labute approximate surface area is 117 Å². The first-order valence-corrected chi connectivity index (χ1v) is 6.01. The summed E-state index contributed by atoms with van der Waals surface area (Å²) in [5, 5.41) is 3.24. The summed E-state index contributed by atoms with van der Waals surface area (Å²) < 4.78 is 26.0. The second-order valence-electron chi connectivity index (χ2n) is 4.65. The third-order valence-electron chi connectivity index (χ3n) is 3.00. The molecule has 0 radical (unpaired) electrons. The van der Waals surface area contributed by atoms with Crippen LogP contribution in [0.3, 0.4) is 0 Å². The summed E-state index contributed by atoms with van der Waals surface area (Å²) in [5.41, 5.74) is 0.378. The molecule has 1 heterocycles. The maximum Gasteiger partial charge on any atom is 0.227 e. The normalized spacial score (nSPS) is 18.9. The molecule has 6 heteroatoms. The fourth-order valence-electron chi connectivity index (χ4n) is 2.16. The van der Waals surface area contributed by atoms with Crippen molar-refractivity contribution in [3.63, 3.8) is 0 Å². The molecule has 1 aromatic carbocycles. The van der Waals surface area contributed by atoms with Crippen molar-refractivity contribution >= 4 is 18.3 Å². The van der Waals surface area contributed by atoms with Gasteiger partial charge in [-0.3, -0.25) is 4.79 Å². The van der Waals surface area contributed by atoms with Crippen LogP contribution in [0, 0.1) is 11.6 Å². The second kappa shape index (κ2) is 6.82. The molecular formula is C13H17ClF2N2O. The van der Waals surface area contributed by atoms with Gasteiger partial charge in [-0.2, -0.15) is 0 Å². The smallest absolute Gasteiger partial charge is 0.227 e. The number of piperazine rings is 1. The average molecular weight is 291 g/mol. The Balaban J connectivity index is 0.00000180. The molecule has 0 aliphatic carbocycles. The molecule has 3 nitrogen and oxygen atoms in total. The van der Waals surface area contributed by atoms with Crippen LogP contribution in [0.1, 0.15) is 12.5 Å². The van der Waals surface area contributed by atoms with E-state index in [4.69, 9.17) is 0 Å². The Morgan fingerprint density at radius 1 is 1.37 bits per heavy atom. The minimum Gasteiger partial charge on any atom is -0.340 e. The van der Waals surface area contributed by atoms with Crippen molar-refractivity contribution in [3.8, 4) is 0 Å². The number of carbonyl (C=O) groups excluding carboxylic acids is 1. The molecule has 2 rings (SSSR count). The van der Waals surface area contributed by atoms with E-state index >= 15 is 0 Å². The number of amides is 1. The highest BCUT2D eigenvalue weighted by Crippen LogP contribution is 2.10. The van der Waals surface area contributed by atoms with Gasteiger partial charge in [-0.05, 0) is 24.6 Å². The van der Waals surface area contributed by atoms with Gasteiger partial charge in [0.2, 0.25) is 5.91 Å².